The number of carbonyl (C=O) groups excluding carboxylic acids is 1. The Morgan fingerprint density at radius 1 is 1.25 bits per heavy atom. The molecular weight excluding hydrogens is 306 g/mol. The van der Waals surface area contributed by atoms with Crippen molar-refractivity contribution in [3.05, 3.63) is 52.2 Å². The van der Waals surface area contributed by atoms with Gasteiger partial charge in [-0.25, -0.2) is 14.3 Å². The second-order valence-electron chi connectivity index (χ2n) is 6.23. The van der Waals surface area contributed by atoms with Crippen molar-refractivity contribution in [3.63, 3.8) is 0 Å². The first-order valence-electron chi connectivity index (χ1n) is 7.88. The summed E-state index contributed by atoms with van der Waals surface area (Å²) < 4.78 is 2.77. The van der Waals surface area contributed by atoms with E-state index >= 15 is 0 Å². The predicted molar refractivity (Wildman–Crippen MR) is 89.7 cm³/mol. The molecule has 0 atom stereocenters. The van der Waals surface area contributed by atoms with Gasteiger partial charge in [0.05, 0.1) is 11.9 Å². The molecule has 122 valence electrons. The average Bonchev–Trinajstić information content (AvgIpc) is 3.32. The molecule has 1 aliphatic rings. The maximum atomic E-state index is 12.5. The van der Waals surface area contributed by atoms with Gasteiger partial charge < -0.3 is 0 Å². The number of fused-ring (bicyclic) bond motifs is 1. The molecule has 24 heavy (non-hydrogen) atoms. The lowest BCUT2D eigenvalue weighted by atomic mass is 10.1. The third-order valence-electron chi connectivity index (χ3n) is 4.40. The number of benzene rings is 1. The molecule has 0 spiro atoms. The minimum Gasteiger partial charge on any atom is -0.273 e. The number of hydrogen-bond acceptors (Lipinski definition) is 4. The summed E-state index contributed by atoms with van der Waals surface area (Å²) in [5, 5.41) is 4.66. The minimum atomic E-state index is -0.330. The molecule has 1 N–H and O–H groups in total. The van der Waals surface area contributed by atoms with E-state index in [1.807, 2.05) is 32.0 Å². The van der Waals surface area contributed by atoms with E-state index in [0.29, 0.717) is 11.0 Å². The lowest BCUT2D eigenvalue weighted by molar-refractivity contribution is -0.118. The van der Waals surface area contributed by atoms with Crippen LogP contribution in [0.4, 0.5) is 0 Å². The Balaban J connectivity index is 1.77. The topological polar surface area (TPSA) is 81.8 Å². The van der Waals surface area contributed by atoms with E-state index in [-0.39, 0.29) is 17.4 Å². The average molecular weight is 323 g/mol. The summed E-state index contributed by atoms with van der Waals surface area (Å²) >= 11 is 0. The Hall–Kier alpha value is -2.96. The van der Waals surface area contributed by atoms with Crippen LogP contribution in [0.25, 0.3) is 16.7 Å². The molecule has 7 heteroatoms. The molecule has 0 saturated heterocycles. The first kappa shape index (κ1) is 14.6. The van der Waals surface area contributed by atoms with E-state index in [9.17, 15) is 9.59 Å². The molecule has 1 aromatic carbocycles. The lowest BCUT2D eigenvalue weighted by Crippen LogP contribution is -2.33. The van der Waals surface area contributed by atoms with Gasteiger partial charge in [0.25, 0.3) is 5.56 Å². The zero-order valence-corrected chi connectivity index (χ0v) is 13.5. The van der Waals surface area contributed by atoms with Crippen LogP contribution in [0.1, 0.15) is 24.0 Å². The molecule has 7 nitrogen and oxygen atoms in total. The summed E-state index contributed by atoms with van der Waals surface area (Å²) in [6.45, 7) is 4.07. The Labute approximate surface area is 137 Å². The van der Waals surface area contributed by atoms with Crippen molar-refractivity contribution in [1.29, 1.82) is 0 Å². The molecule has 1 fully saturated rings. The molecule has 2 heterocycles. The van der Waals surface area contributed by atoms with Gasteiger partial charge in [0.1, 0.15) is 11.7 Å². The molecule has 1 amide bonds. The molecule has 0 aliphatic heterocycles. The molecule has 1 saturated carbocycles. The smallest absolute Gasteiger partial charge is 0.273 e. The fourth-order valence-corrected chi connectivity index (χ4v) is 2.59. The van der Waals surface area contributed by atoms with Crippen molar-refractivity contribution in [2.24, 2.45) is 5.92 Å². The van der Waals surface area contributed by atoms with Gasteiger partial charge in [0.15, 0.2) is 5.65 Å². The highest BCUT2D eigenvalue weighted by molar-refractivity contribution is 5.88. The second-order valence-corrected chi connectivity index (χ2v) is 6.23. The van der Waals surface area contributed by atoms with Gasteiger partial charge in [-0.05, 0) is 49.9 Å². The van der Waals surface area contributed by atoms with Crippen LogP contribution in [0, 0.1) is 19.8 Å². The molecule has 4 rings (SSSR count). The first-order chi connectivity index (χ1) is 11.5. The zero-order chi connectivity index (χ0) is 16.8. The van der Waals surface area contributed by atoms with E-state index in [1.165, 1.54) is 18.1 Å². The summed E-state index contributed by atoms with van der Waals surface area (Å²) in [6, 6.07) is 5.95. The highest BCUT2D eigenvalue weighted by Gasteiger charge is 2.30. The second kappa shape index (κ2) is 5.30. The number of aromatic nitrogens is 4. The third-order valence-corrected chi connectivity index (χ3v) is 4.40. The first-order valence-corrected chi connectivity index (χ1v) is 7.88. The SMILES string of the molecule is Cc1ccc(-n2ncc3c(=O)n(NC(=O)C4CC4)cnc32)cc1C. The normalized spacial score (nSPS) is 14.1. The summed E-state index contributed by atoms with van der Waals surface area (Å²) in [6.07, 6.45) is 4.58. The van der Waals surface area contributed by atoms with E-state index in [4.69, 9.17) is 0 Å². The minimum absolute atomic E-state index is 0.0193. The van der Waals surface area contributed by atoms with Crippen LogP contribution in [0.15, 0.2) is 35.5 Å². The summed E-state index contributed by atoms with van der Waals surface area (Å²) in [5.74, 6) is -0.120. The number of amides is 1. The number of nitrogens with one attached hydrogen (secondary N) is 1. The van der Waals surface area contributed by atoms with Crippen molar-refractivity contribution in [3.8, 4) is 5.69 Å². The molecule has 0 bridgehead atoms. The standard InChI is InChI=1S/C17H17N5O2/c1-10-3-6-13(7-11(10)2)22-15-14(8-19-22)17(24)21(9-18-15)20-16(23)12-4-5-12/h3,6-9,12H,4-5H2,1-2H3,(H,20,23). The molecule has 2 aromatic heterocycles. The number of aryl methyl sites for hydroxylation is 2. The summed E-state index contributed by atoms with van der Waals surface area (Å²) in [5.41, 5.74) is 5.91. The fraction of sp³-hybridized carbons (Fsp3) is 0.294. The maximum absolute atomic E-state index is 12.5. The van der Waals surface area contributed by atoms with E-state index < -0.39 is 0 Å². The van der Waals surface area contributed by atoms with Crippen LogP contribution >= 0.6 is 0 Å². The van der Waals surface area contributed by atoms with Crippen LogP contribution in [0.5, 0.6) is 0 Å². The Morgan fingerprint density at radius 3 is 2.75 bits per heavy atom. The Kier molecular flexibility index (Phi) is 3.23. The van der Waals surface area contributed by atoms with Crippen molar-refractivity contribution in [2.45, 2.75) is 26.7 Å². The van der Waals surface area contributed by atoms with Gasteiger partial charge in [-0.15, -0.1) is 0 Å². The number of rotatable bonds is 3. The fourth-order valence-electron chi connectivity index (χ4n) is 2.59. The van der Waals surface area contributed by atoms with Gasteiger partial charge >= 0.3 is 0 Å². The predicted octanol–water partition coefficient (Wildman–Crippen LogP) is 1.68. The number of hydrogen-bond donors (Lipinski definition) is 1. The number of carbonyl (C=O) groups is 1. The molecular formula is C17H17N5O2. The maximum Gasteiger partial charge on any atom is 0.283 e. The van der Waals surface area contributed by atoms with Crippen LogP contribution in [-0.4, -0.2) is 25.3 Å². The van der Waals surface area contributed by atoms with Crippen molar-refractivity contribution < 1.29 is 4.79 Å². The van der Waals surface area contributed by atoms with Crippen LogP contribution in [0.3, 0.4) is 0 Å². The Bertz CT molecular complexity index is 1010. The van der Waals surface area contributed by atoms with Gasteiger partial charge in [0.2, 0.25) is 5.91 Å². The lowest BCUT2D eigenvalue weighted by Gasteiger charge is -2.08. The third kappa shape index (κ3) is 2.38. The van der Waals surface area contributed by atoms with E-state index in [2.05, 4.69) is 15.5 Å². The highest BCUT2D eigenvalue weighted by atomic mass is 16.2. The van der Waals surface area contributed by atoms with Crippen molar-refractivity contribution >= 4 is 16.9 Å². The molecule has 3 aromatic rings. The van der Waals surface area contributed by atoms with Gasteiger partial charge in [-0.1, -0.05) is 6.07 Å². The Morgan fingerprint density at radius 2 is 2.04 bits per heavy atom. The van der Waals surface area contributed by atoms with Crippen molar-refractivity contribution in [2.75, 3.05) is 5.43 Å². The molecule has 0 unspecified atom stereocenters. The van der Waals surface area contributed by atoms with Crippen LogP contribution < -0.4 is 11.0 Å². The monoisotopic (exact) mass is 323 g/mol. The largest absolute Gasteiger partial charge is 0.283 e. The van der Waals surface area contributed by atoms with Gasteiger partial charge in [-0.3, -0.25) is 15.0 Å². The number of nitrogens with zero attached hydrogens (tertiary/aromatic N) is 4. The quantitative estimate of drug-likeness (QED) is 0.795. The molecule has 1 aliphatic carbocycles. The zero-order valence-electron chi connectivity index (χ0n) is 13.5. The highest BCUT2D eigenvalue weighted by Crippen LogP contribution is 2.28. The van der Waals surface area contributed by atoms with Crippen LogP contribution in [0.2, 0.25) is 0 Å². The summed E-state index contributed by atoms with van der Waals surface area (Å²) in [7, 11) is 0. The van der Waals surface area contributed by atoms with Crippen molar-refractivity contribution in [1.82, 2.24) is 19.4 Å². The molecule has 0 radical (unpaired) electrons. The van der Waals surface area contributed by atoms with Gasteiger partial charge in [0, 0.05) is 5.92 Å². The van der Waals surface area contributed by atoms with Crippen LogP contribution in [-0.2, 0) is 4.79 Å². The van der Waals surface area contributed by atoms with Gasteiger partial charge in [-0.2, -0.15) is 5.10 Å². The summed E-state index contributed by atoms with van der Waals surface area (Å²) in [4.78, 5) is 28.7. The van der Waals surface area contributed by atoms with E-state index in [0.717, 1.165) is 28.8 Å². The van der Waals surface area contributed by atoms with E-state index in [1.54, 1.807) is 4.68 Å².